The lowest BCUT2D eigenvalue weighted by Gasteiger charge is -2.40. The summed E-state index contributed by atoms with van der Waals surface area (Å²) in [5, 5.41) is 5.13. The van der Waals surface area contributed by atoms with Gasteiger partial charge in [0.2, 0.25) is 0 Å². The molecule has 2 aliphatic heterocycles. The van der Waals surface area contributed by atoms with Crippen LogP contribution in [0.15, 0.2) is 182 Å². The molecule has 240 valence electrons. The van der Waals surface area contributed by atoms with Gasteiger partial charge in [-0.05, 0) is 88.2 Å². The average molecular weight is 660 g/mol. The van der Waals surface area contributed by atoms with Crippen molar-refractivity contribution >= 4 is 83.8 Å². The first-order chi connectivity index (χ1) is 25.8. The fourth-order valence-electron chi connectivity index (χ4n) is 9.37. The van der Waals surface area contributed by atoms with Crippen LogP contribution in [0.5, 0.6) is 0 Å². The molecule has 8 aromatic carbocycles. The molecule has 4 heteroatoms. The van der Waals surface area contributed by atoms with E-state index in [9.17, 15) is 0 Å². The van der Waals surface area contributed by atoms with Crippen molar-refractivity contribution in [3.05, 3.63) is 182 Å². The highest BCUT2D eigenvalue weighted by Gasteiger charge is 2.41. The monoisotopic (exact) mass is 659 g/mol. The van der Waals surface area contributed by atoms with Crippen LogP contribution in [0.2, 0.25) is 0 Å². The topological polar surface area (TPSA) is 13.1 Å². The Morgan fingerprint density at radius 1 is 0.346 bits per heavy atom. The third kappa shape index (κ3) is 3.65. The molecule has 4 heterocycles. The van der Waals surface area contributed by atoms with E-state index >= 15 is 0 Å². The van der Waals surface area contributed by atoms with E-state index in [4.69, 9.17) is 0 Å². The third-order valence-electron chi connectivity index (χ3n) is 11.5. The van der Waals surface area contributed by atoms with E-state index in [2.05, 4.69) is 196 Å². The fraction of sp³-hybridized carbons (Fsp3) is 0. The van der Waals surface area contributed by atoms with Gasteiger partial charge in [0.15, 0.2) is 0 Å². The Hall–Kier alpha value is -6.78. The second-order valence-electron chi connectivity index (χ2n) is 14.1. The second kappa shape index (κ2) is 10.4. The molecule has 0 bridgehead atoms. The first kappa shape index (κ1) is 28.0. The summed E-state index contributed by atoms with van der Waals surface area (Å²) in [5.74, 6) is 0. The number of benzene rings is 8. The van der Waals surface area contributed by atoms with E-state index in [0.29, 0.717) is 0 Å². The third-order valence-corrected chi connectivity index (χ3v) is 11.5. The Morgan fingerprint density at radius 2 is 0.962 bits per heavy atom. The minimum Gasteiger partial charge on any atom is -0.311 e. The summed E-state index contributed by atoms with van der Waals surface area (Å²) in [4.78, 5) is 2.46. The van der Waals surface area contributed by atoms with Gasteiger partial charge in [-0.15, -0.1) is 0 Å². The fourth-order valence-corrected chi connectivity index (χ4v) is 9.37. The molecule has 12 rings (SSSR count). The quantitative estimate of drug-likeness (QED) is 0.172. The molecule has 0 atom stereocenters. The molecular weight excluding hydrogens is 629 g/mol. The highest BCUT2D eigenvalue weighted by molar-refractivity contribution is 7.00. The number of hydrogen-bond donors (Lipinski definition) is 0. The SMILES string of the molecule is c1ccc(-c2ccc(-n3c4ccccc4c4cc5c6cccc7c6n(c5cc43)-c3cccc4c3B7c3ccccc3N4c3ccccc3)cc2)cc1. The maximum absolute atomic E-state index is 2.56. The van der Waals surface area contributed by atoms with Crippen LogP contribution >= 0.6 is 0 Å². The summed E-state index contributed by atoms with van der Waals surface area (Å²) in [6, 6.07) is 67.0. The first-order valence-corrected chi connectivity index (χ1v) is 18.1. The summed E-state index contributed by atoms with van der Waals surface area (Å²) in [6.07, 6.45) is 0. The first-order valence-electron chi connectivity index (χ1n) is 18.1. The predicted octanol–water partition coefficient (Wildman–Crippen LogP) is 10.2. The minimum absolute atomic E-state index is 0.134. The van der Waals surface area contributed by atoms with Gasteiger partial charge in [-0.1, -0.05) is 121 Å². The van der Waals surface area contributed by atoms with E-state index in [0.717, 1.165) is 5.69 Å². The standard InChI is InChI=1S/C48H30BN3/c1-3-13-31(14-4-1)32-25-27-34(28-26-32)50-41-21-9-7-17-35(41)37-29-38-36-18-11-20-40-48(36)52(46(38)30-45(37)50)44-24-12-23-43-47(44)49(40)39-19-8-10-22-42(39)51(43)33-15-5-2-6-16-33/h1-30H. The van der Waals surface area contributed by atoms with Gasteiger partial charge in [0.25, 0.3) is 6.71 Å². The van der Waals surface area contributed by atoms with Crippen LogP contribution in [0, 0.1) is 0 Å². The van der Waals surface area contributed by atoms with Gasteiger partial charge in [0.1, 0.15) is 0 Å². The lowest BCUT2D eigenvalue weighted by molar-refractivity contribution is 1.16. The molecule has 10 aromatic rings. The molecule has 0 N–H and O–H groups in total. The zero-order valence-electron chi connectivity index (χ0n) is 28.2. The normalized spacial score (nSPS) is 12.9. The Balaban J connectivity index is 1.17. The van der Waals surface area contributed by atoms with Crippen LogP contribution < -0.4 is 21.3 Å². The van der Waals surface area contributed by atoms with Gasteiger partial charge in [-0.3, -0.25) is 0 Å². The molecule has 0 aliphatic carbocycles. The summed E-state index contributed by atoms with van der Waals surface area (Å²) in [7, 11) is 0. The molecule has 0 unspecified atom stereocenters. The average Bonchev–Trinajstić information content (AvgIpc) is 3.72. The minimum atomic E-state index is 0.134. The van der Waals surface area contributed by atoms with E-state index in [1.165, 1.54) is 93.9 Å². The molecule has 0 fully saturated rings. The van der Waals surface area contributed by atoms with Crippen molar-refractivity contribution in [2.45, 2.75) is 0 Å². The lowest BCUT2D eigenvalue weighted by Crippen LogP contribution is -2.60. The van der Waals surface area contributed by atoms with Crippen LogP contribution in [-0.4, -0.2) is 15.8 Å². The van der Waals surface area contributed by atoms with Gasteiger partial charge in [-0.2, -0.15) is 0 Å². The number of para-hydroxylation sites is 4. The van der Waals surface area contributed by atoms with E-state index in [1.807, 2.05) is 0 Å². The van der Waals surface area contributed by atoms with Crippen molar-refractivity contribution in [2.24, 2.45) is 0 Å². The van der Waals surface area contributed by atoms with Crippen molar-refractivity contribution in [2.75, 3.05) is 4.90 Å². The molecular formula is C48H30BN3. The van der Waals surface area contributed by atoms with Crippen LogP contribution in [0.1, 0.15) is 0 Å². The summed E-state index contributed by atoms with van der Waals surface area (Å²) >= 11 is 0. The Morgan fingerprint density at radius 3 is 1.83 bits per heavy atom. The van der Waals surface area contributed by atoms with Gasteiger partial charge in [-0.25, -0.2) is 0 Å². The van der Waals surface area contributed by atoms with Gasteiger partial charge >= 0.3 is 0 Å². The summed E-state index contributed by atoms with van der Waals surface area (Å²) in [6.45, 7) is 0.134. The number of hydrogen-bond acceptors (Lipinski definition) is 1. The van der Waals surface area contributed by atoms with Crippen LogP contribution in [-0.2, 0) is 0 Å². The van der Waals surface area contributed by atoms with Crippen LogP contribution in [0.3, 0.4) is 0 Å². The van der Waals surface area contributed by atoms with E-state index in [1.54, 1.807) is 0 Å². The zero-order chi connectivity index (χ0) is 33.9. The number of anilines is 3. The smallest absolute Gasteiger partial charge is 0.252 e. The lowest BCUT2D eigenvalue weighted by atomic mass is 9.34. The number of fused-ring (bicyclic) bond motifs is 10. The van der Waals surface area contributed by atoms with E-state index < -0.39 is 0 Å². The van der Waals surface area contributed by atoms with Crippen LogP contribution in [0.4, 0.5) is 17.1 Å². The van der Waals surface area contributed by atoms with Gasteiger partial charge in [0.05, 0.1) is 16.6 Å². The Kier molecular flexibility index (Phi) is 5.58. The maximum Gasteiger partial charge on any atom is 0.252 e. The van der Waals surface area contributed by atoms with E-state index in [-0.39, 0.29) is 6.71 Å². The second-order valence-corrected chi connectivity index (χ2v) is 14.1. The summed E-state index contributed by atoms with van der Waals surface area (Å²) in [5.41, 5.74) is 17.6. The molecule has 0 amide bonds. The van der Waals surface area contributed by atoms with Crippen molar-refractivity contribution in [3.8, 4) is 22.5 Å². The molecule has 0 radical (unpaired) electrons. The number of rotatable bonds is 3. The van der Waals surface area contributed by atoms with Crippen molar-refractivity contribution in [3.63, 3.8) is 0 Å². The molecule has 2 aromatic heterocycles. The molecule has 52 heavy (non-hydrogen) atoms. The largest absolute Gasteiger partial charge is 0.311 e. The molecule has 2 aliphatic rings. The maximum atomic E-state index is 2.56. The van der Waals surface area contributed by atoms with Gasteiger partial charge in [0, 0.05) is 55.5 Å². The molecule has 3 nitrogen and oxygen atoms in total. The molecule has 0 saturated carbocycles. The molecule has 0 saturated heterocycles. The van der Waals surface area contributed by atoms with Crippen molar-refractivity contribution in [1.82, 2.24) is 9.13 Å². The van der Waals surface area contributed by atoms with Gasteiger partial charge < -0.3 is 14.0 Å². The van der Waals surface area contributed by atoms with Crippen molar-refractivity contribution in [1.29, 1.82) is 0 Å². The highest BCUT2D eigenvalue weighted by atomic mass is 15.2. The summed E-state index contributed by atoms with van der Waals surface area (Å²) < 4.78 is 5.01. The number of aromatic nitrogens is 2. The molecule has 0 spiro atoms. The van der Waals surface area contributed by atoms with Crippen molar-refractivity contribution < 1.29 is 0 Å². The predicted molar refractivity (Wildman–Crippen MR) is 220 cm³/mol. The Labute approximate surface area is 301 Å². The van der Waals surface area contributed by atoms with Crippen LogP contribution in [0.25, 0.3) is 66.1 Å². The Bertz CT molecular complexity index is 3070. The zero-order valence-corrected chi connectivity index (χ0v) is 28.2. The highest BCUT2D eigenvalue weighted by Crippen LogP contribution is 2.43. The number of nitrogens with zero attached hydrogens (tertiary/aromatic N) is 3.